The van der Waals surface area contributed by atoms with E-state index < -0.39 is 17.9 Å². The first-order valence-corrected chi connectivity index (χ1v) is 8.42. The topological polar surface area (TPSA) is 125 Å². The monoisotopic (exact) mass is 363 g/mol. The van der Waals surface area contributed by atoms with Gasteiger partial charge in [0.05, 0.1) is 0 Å². The number of rotatable bonds is 9. The summed E-state index contributed by atoms with van der Waals surface area (Å²) in [5.74, 6) is -1.93. The average molecular weight is 363 g/mol. The van der Waals surface area contributed by atoms with Crippen LogP contribution in [0.4, 0.5) is 5.69 Å². The first-order valence-electron chi connectivity index (χ1n) is 8.42. The Morgan fingerprint density at radius 3 is 2.04 bits per heavy atom. The summed E-state index contributed by atoms with van der Waals surface area (Å²) in [5, 5.41) is 16.6. The number of anilines is 1. The van der Waals surface area contributed by atoms with Crippen LogP contribution in [0.1, 0.15) is 50.4 Å². The van der Waals surface area contributed by atoms with Crippen LogP contribution in [0.15, 0.2) is 24.3 Å². The Hall–Kier alpha value is -2.90. The molecular formula is C18H25N3O5. The molecule has 0 aliphatic carbocycles. The number of amides is 3. The molecule has 0 bridgehead atoms. The van der Waals surface area contributed by atoms with Gasteiger partial charge in [-0.25, -0.2) is 0 Å². The van der Waals surface area contributed by atoms with Crippen LogP contribution in [0.25, 0.3) is 0 Å². The zero-order valence-electron chi connectivity index (χ0n) is 15.2. The van der Waals surface area contributed by atoms with Gasteiger partial charge in [-0.3, -0.25) is 19.2 Å². The number of nitrogens with one attached hydrogen (secondary N) is 3. The Balaban J connectivity index is 2.44. The first-order chi connectivity index (χ1) is 12.2. The SMILES string of the molecule is CC(C)NC(=O)CCCC(=O)Nc1ccc(C(=O)NC(C)C(=O)O)cc1. The smallest absolute Gasteiger partial charge is 0.325 e. The van der Waals surface area contributed by atoms with Crippen LogP contribution in [-0.2, 0) is 14.4 Å². The predicted molar refractivity (Wildman–Crippen MR) is 96.8 cm³/mol. The maximum absolute atomic E-state index is 11.9. The van der Waals surface area contributed by atoms with Gasteiger partial charge in [0.1, 0.15) is 6.04 Å². The molecule has 0 saturated carbocycles. The Morgan fingerprint density at radius 2 is 1.50 bits per heavy atom. The van der Waals surface area contributed by atoms with Crippen molar-refractivity contribution in [2.75, 3.05) is 5.32 Å². The number of benzene rings is 1. The van der Waals surface area contributed by atoms with Gasteiger partial charge in [0, 0.05) is 30.1 Å². The van der Waals surface area contributed by atoms with Crippen molar-refractivity contribution in [1.82, 2.24) is 10.6 Å². The number of aliphatic carboxylic acids is 1. The average Bonchev–Trinajstić information content (AvgIpc) is 2.54. The fraction of sp³-hybridized carbons (Fsp3) is 0.444. The van der Waals surface area contributed by atoms with Crippen LogP contribution in [0, 0.1) is 0 Å². The zero-order chi connectivity index (χ0) is 19.7. The molecule has 26 heavy (non-hydrogen) atoms. The molecule has 0 fully saturated rings. The molecule has 0 spiro atoms. The predicted octanol–water partition coefficient (Wildman–Crippen LogP) is 1.52. The summed E-state index contributed by atoms with van der Waals surface area (Å²) in [7, 11) is 0. The number of carbonyl (C=O) groups is 4. The maximum Gasteiger partial charge on any atom is 0.325 e. The van der Waals surface area contributed by atoms with Crippen LogP contribution in [0.3, 0.4) is 0 Å². The summed E-state index contributed by atoms with van der Waals surface area (Å²) in [5.41, 5.74) is 0.811. The van der Waals surface area contributed by atoms with Gasteiger partial charge < -0.3 is 21.1 Å². The molecule has 0 saturated heterocycles. The lowest BCUT2D eigenvalue weighted by molar-refractivity contribution is -0.138. The maximum atomic E-state index is 11.9. The highest BCUT2D eigenvalue weighted by Crippen LogP contribution is 2.11. The van der Waals surface area contributed by atoms with Crippen molar-refractivity contribution < 1.29 is 24.3 Å². The fourth-order valence-electron chi connectivity index (χ4n) is 2.07. The normalized spacial score (nSPS) is 11.5. The summed E-state index contributed by atoms with van der Waals surface area (Å²) < 4.78 is 0. The molecule has 1 aromatic rings. The highest BCUT2D eigenvalue weighted by Gasteiger charge is 2.15. The van der Waals surface area contributed by atoms with Crippen molar-refractivity contribution in [3.8, 4) is 0 Å². The summed E-state index contributed by atoms with van der Waals surface area (Å²) in [6.45, 7) is 5.12. The molecule has 142 valence electrons. The molecule has 0 aliphatic heterocycles. The molecule has 1 atom stereocenters. The molecule has 0 radical (unpaired) electrons. The third-order valence-corrected chi connectivity index (χ3v) is 3.41. The van der Waals surface area contributed by atoms with Crippen LogP contribution in [0.5, 0.6) is 0 Å². The Labute approximate surface area is 152 Å². The van der Waals surface area contributed by atoms with E-state index in [-0.39, 0.29) is 30.7 Å². The lowest BCUT2D eigenvalue weighted by Gasteiger charge is -2.10. The van der Waals surface area contributed by atoms with Gasteiger partial charge in [-0.2, -0.15) is 0 Å². The number of carbonyl (C=O) groups excluding carboxylic acids is 3. The van der Waals surface area contributed by atoms with Gasteiger partial charge in [0.15, 0.2) is 0 Å². The van der Waals surface area contributed by atoms with E-state index in [1.165, 1.54) is 19.1 Å². The minimum atomic E-state index is -1.12. The van der Waals surface area contributed by atoms with Gasteiger partial charge in [-0.05, 0) is 51.5 Å². The van der Waals surface area contributed by atoms with Gasteiger partial charge in [0.25, 0.3) is 5.91 Å². The lowest BCUT2D eigenvalue weighted by Crippen LogP contribution is -2.38. The van der Waals surface area contributed by atoms with Gasteiger partial charge in [-0.1, -0.05) is 0 Å². The third-order valence-electron chi connectivity index (χ3n) is 3.41. The Bertz CT molecular complexity index is 655. The fourth-order valence-corrected chi connectivity index (χ4v) is 2.07. The first kappa shape index (κ1) is 21.1. The van der Waals surface area contributed by atoms with Crippen molar-refractivity contribution in [3.63, 3.8) is 0 Å². The second-order valence-corrected chi connectivity index (χ2v) is 6.23. The molecule has 4 N–H and O–H groups in total. The number of hydrogen-bond acceptors (Lipinski definition) is 4. The molecule has 0 heterocycles. The van der Waals surface area contributed by atoms with Crippen LogP contribution in [0.2, 0.25) is 0 Å². The van der Waals surface area contributed by atoms with Gasteiger partial charge >= 0.3 is 5.97 Å². The van der Waals surface area contributed by atoms with E-state index in [9.17, 15) is 19.2 Å². The van der Waals surface area contributed by atoms with E-state index in [4.69, 9.17) is 5.11 Å². The zero-order valence-corrected chi connectivity index (χ0v) is 15.2. The molecule has 1 rings (SSSR count). The minimum Gasteiger partial charge on any atom is -0.480 e. The second-order valence-electron chi connectivity index (χ2n) is 6.23. The molecule has 1 aromatic carbocycles. The highest BCUT2D eigenvalue weighted by molar-refractivity contribution is 5.97. The van der Waals surface area contributed by atoms with Crippen molar-refractivity contribution in [3.05, 3.63) is 29.8 Å². The summed E-state index contributed by atoms with van der Waals surface area (Å²) >= 11 is 0. The summed E-state index contributed by atoms with van der Waals surface area (Å²) in [6.07, 6.45) is 0.939. The molecular weight excluding hydrogens is 338 g/mol. The molecule has 8 nitrogen and oxygen atoms in total. The van der Waals surface area contributed by atoms with E-state index in [1.807, 2.05) is 13.8 Å². The summed E-state index contributed by atoms with van der Waals surface area (Å²) in [4.78, 5) is 46.0. The van der Waals surface area contributed by atoms with Crippen molar-refractivity contribution in [2.24, 2.45) is 0 Å². The van der Waals surface area contributed by atoms with E-state index in [2.05, 4.69) is 16.0 Å². The van der Waals surface area contributed by atoms with Gasteiger partial charge in [0.2, 0.25) is 11.8 Å². The van der Waals surface area contributed by atoms with Crippen molar-refractivity contribution in [1.29, 1.82) is 0 Å². The van der Waals surface area contributed by atoms with Crippen molar-refractivity contribution >= 4 is 29.4 Å². The van der Waals surface area contributed by atoms with Crippen LogP contribution in [-0.4, -0.2) is 40.9 Å². The highest BCUT2D eigenvalue weighted by atomic mass is 16.4. The van der Waals surface area contributed by atoms with E-state index >= 15 is 0 Å². The molecule has 0 aromatic heterocycles. The number of carboxylic acid groups (broad SMARTS) is 1. The quantitative estimate of drug-likeness (QED) is 0.529. The second kappa shape index (κ2) is 10.2. The minimum absolute atomic E-state index is 0.0746. The lowest BCUT2D eigenvalue weighted by atomic mass is 10.1. The summed E-state index contributed by atoms with van der Waals surface area (Å²) in [6, 6.07) is 5.19. The number of hydrogen-bond donors (Lipinski definition) is 4. The standard InChI is InChI=1S/C18H25N3O5/c1-11(2)19-15(22)5-4-6-16(23)21-14-9-7-13(8-10-14)17(24)20-12(3)18(25)26/h7-12H,4-6H2,1-3H3,(H,19,22)(H,20,24)(H,21,23)(H,25,26). The van der Waals surface area contributed by atoms with E-state index in [0.717, 1.165) is 0 Å². The molecule has 8 heteroatoms. The van der Waals surface area contributed by atoms with E-state index in [0.29, 0.717) is 17.7 Å². The molecule has 1 unspecified atom stereocenters. The number of carboxylic acids is 1. The van der Waals surface area contributed by atoms with E-state index in [1.54, 1.807) is 12.1 Å². The third kappa shape index (κ3) is 7.78. The van der Waals surface area contributed by atoms with Crippen molar-refractivity contribution in [2.45, 2.75) is 52.1 Å². The Kier molecular flexibility index (Phi) is 8.27. The van der Waals surface area contributed by atoms with Gasteiger partial charge in [-0.15, -0.1) is 0 Å². The Morgan fingerprint density at radius 1 is 0.923 bits per heavy atom. The van der Waals surface area contributed by atoms with Crippen LogP contribution < -0.4 is 16.0 Å². The molecule has 0 aliphatic rings. The molecule has 3 amide bonds. The largest absolute Gasteiger partial charge is 0.480 e. The van der Waals surface area contributed by atoms with Crippen LogP contribution >= 0.6 is 0 Å².